The Labute approximate surface area is 64.7 Å². The first-order valence-electron chi connectivity index (χ1n) is 2.96. The molecule has 0 bridgehead atoms. The molecule has 1 amide bonds. The first kappa shape index (κ1) is 9.30. The summed E-state index contributed by atoms with van der Waals surface area (Å²) in [7, 11) is 0. The largest absolute Gasteiger partial charge is 0.385 e. The third kappa shape index (κ3) is 3.81. The summed E-state index contributed by atoms with van der Waals surface area (Å²) in [6, 6.07) is 1.77. The molecule has 0 unspecified atom stereocenters. The lowest BCUT2D eigenvalue weighted by Gasteiger charge is -2.00. The zero-order valence-corrected chi connectivity index (χ0v) is 6.22. The van der Waals surface area contributed by atoms with Gasteiger partial charge in [0, 0.05) is 6.92 Å². The Morgan fingerprint density at radius 3 is 2.45 bits per heavy atom. The van der Waals surface area contributed by atoms with Gasteiger partial charge in [-0.05, 0) is 0 Å². The molecule has 0 aromatic rings. The molecule has 0 radical (unpaired) electrons. The summed E-state index contributed by atoms with van der Waals surface area (Å²) in [4.78, 5) is 10.4. The molecule has 0 aliphatic carbocycles. The normalized spacial score (nSPS) is 8.00. The Balaban J connectivity index is 4.05. The van der Waals surface area contributed by atoms with Crippen molar-refractivity contribution in [2.24, 2.45) is 11.5 Å². The lowest BCUT2D eigenvalue weighted by molar-refractivity contribution is -0.118. The number of hydrogen-bond acceptors (Lipinski definition) is 4. The van der Waals surface area contributed by atoms with Crippen molar-refractivity contribution in [1.29, 1.82) is 5.26 Å². The molecule has 5 heteroatoms. The van der Waals surface area contributed by atoms with Crippen LogP contribution in [0.5, 0.6) is 0 Å². The number of carbonyl (C=O) groups excluding carboxylic acids is 1. The van der Waals surface area contributed by atoms with Crippen LogP contribution in [0.1, 0.15) is 6.92 Å². The summed E-state index contributed by atoms with van der Waals surface area (Å²) in [6.07, 6.45) is 0. The van der Waals surface area contributed by atoms with Gasteiger partial charge in [0.05, 0.1) is 12.1 Å². The average molecular weight is 154 g/mol. The third-order valence-electron chi connectivity index (χ3n) is 0.998. The molecule has 0 aromatic heterocycles. The molecule has 11 heavy (non-hydrogen) atoms. The molecule has 0 aromatic carbocycles. The van der Waals surface area contributed by atoms with E-state index in [2.05, 4.69) is 5.32 Å². The van der Waals surface area contributed by atoms with Crippen LogP contribution in [-0.2, 0) is 4.79 Å². The van der Waals surface area contributed by atoms with E-state index in [-0.39, 0.29) is 23.8 Å². The molecule has 0 aliphatic rings. The smallest absolute Gasteiger partial charge is 0.217 e. The maximum atomic E-state index is 10.4. The van der Waals surface area contributed by atoms with Gasteiger partial charge in [-0.2, -0.15) is 5.26 Å². The van der Waals surface area contributed by atoms with Crippen molar-refractivity contribution in [2.75, 3.05) is 6.54 Å². The minimum absolute atomic E-state index is 0.0544. The molecule has 0 rings (SSSR count). The van der Waals surface area contributed by atoms with E-state index in [1.165, 1.54) is 6.92 Å². The van der Waals surface area contributed by atoms with E-state index in [9.17, 15) is 4.79 Å². The van der Waals surface area contributed by atoms with Gasteiger partial charge in [-0.1, -0.05) is 0 Å². The second-order valence-corrected chi connectivity index (χ2v) is 1.96. The molecule has 5 N–H and O–H groups in total. The van der Waals surface area contributed by atoms with Crippen LogP contribution in [0.15, 0.2) is 11.4 Å². The van der Waals surface area contributed by atoms with Crippen molar-refractivity contribution in [3.8, 4) is 6.07 Å². The zero-order chi connectivity index (χ0) is 8.85. The molecule has 60 valence electrons. The monoisotopic (exact) mass is 154 g/mol. The number of nitriles is 1. The molecule has 0 saturated carbocycles. The lowest BCUT2D eigenvalue weighted by Crippen LogP contribution is -2.25. The van der Waals surface area contributed by atoms with Crippen LogP contribution in [0.3, 0.4) is 0 Å². The molecule has 0 atom stereocenters. The van der Waals surface area contributed by atoms with Crippen molar-refractivity contribution >= 4 is 5.91 Å². The number of hydrogen-bond donors (Lipinski definition) is 3. The predicted molar refractivity (Wildman–Crippen MR) is 39.7 cm³/mol. The fraction of sp³-hybridized carbons (Fsp3) is 0.333. The Morgan fingerprint density at radius 2 is 2.18 bits per heavy atom. The van der Waals surface area contributed by atoms with Gasteiger partial charge >= 0.3 is 0 Å². The van der Waals surface area contributed by atoms with Gasteiger partial charge < -0.3 is 16.8 Å². The summed E-state index contributed by atoms with van der Waals surface area (Å²) in [6.45, 7) is 1.44. The van der Waals surface area contributed by atoms with Crippen LogP contribution in [0.25, 0.3) is 0 Å². The fourth-order valence-electron chi connectivity index (χ4n) is 0.419. The van der Waals surface area contributed by atoms with Crippen LogP contribution in [0.2, 0.25) is 0 Å². The number of amides is 1. The number of nitrogens with one attached hydrogen (secondary N) is 1. The molecular formula is C6H10N4O. The second-order valence-electron chi connectivity index (χ2n) is 1.96. The third-order valence-corrected chi connectivity index (χ3v) is 0.998. The number of nitrogens with zero attached hydrogens (tertiary/aromatic N) is 1. The van der Waals surface area contributed by atoms with Gasteiger partial charge in [0.25, 0.3) is 0 Å². The van der Waals surface area contributed by atoms with Crippen LogP contribution in [0, 0.1) is 11.3 Å². The molecule has 5 nitrogen and oxygen atoms in total. The van der Waals surface area contributed by atoms with Gasteiger partial charge in [-0.25, -0.2) is 0 Å². The first-order chi connectivity index (χ1) is 5.07. The van der Waals surface area contributed by atoms with E-state index < -0.39 is 0 Å². The van der Waals surface area contributed by atoms with E-state index in [1.807, 2.05) is 0 Å². The Bertz CT molecular complexity index is 221. The summed E-state index contributed by atoms with van der Waals surface area (Å²) in [5.41, 5.74) is 10.4. The maximum absolute atomic E-state index is 10.4. The molecule has 0 spiro atoms. The average Bonchev–Trinajstić information content (AvgIpc) is 1.87. The highest BCUT2D eigenvalue weighted by Crippen LogP contribution is 1.88. The van der Waals surface area contributed by atoms with Crippen LogP contribution < -0.4 is 16.8 Å². The van der Waals surface area contributed by atoms with Gasteiger partial charge in [0.15, 0.2) is 0 Å². The van der Waals surface area contributed by atoms with Gasteiger partial charge in [0.2, 0.25) is 5.91 Å². The van der Waals surface area contributed by atoms with E-state index in [0.717, 1.165) is 0 Å². The maximum Gasteiger partial charge on any atom is 0.217 e. The van der Waals surface area contributed by atoms with Crippen LogP contribution in [-0.4, -0.2) is 12.5 Å². The number of rotatable bonds is 2. The topological polar surface area (TPSA) is 105 Å². The van der Waals surface area contributed by atoms with Crippen molar-refractivity contribution in [3.63, 3.8) is 0 Å². The summed E-state index contributed by atoms with van der Waals surface area (Å²) >= 11 is 0. The van der Waals surface area contributed by atoms with Gasteiger partial charge in [-0.15, -0.1) is 0 Å². The SMILES string of the molecule is CC(=O)NCC(C#N)=C(N)N. The second kappa shape index (κ2) is 4.17. The van der Waals surface area contributed by atoms with Crippen molar-refractivity contribution in [1.82, 2.24) is 5.32 Å². The van der Waals surface area contributed by atoms with E-state index in [0.29, 0.717) is 0 Å². The highest BCUT2D eigenvalue weighted by Gasteiger charge is 1.99. The van der Waals surface area contributed by atoms with Gasteiger partial charge in [-0.3, -0.25) is 4.79 Å². The molecule has 0 saturated heterocycles. The van der Waals surface area contributed by atoms with Crippen LogP contribution in [0.4, 0.5) is 0 Å². The first-order valence-corrected chi connectivity index (χ1v) is 2.96. The molecule has 0 fully saturated rings. The van der Waals surface area contributed by atoms with Gasteiger partial charge in [0.1, 0.15) is 11.9 Å². The standard InChI is InChI=1S/C6H10N4O/c1-4(11)10-3-5(2-7)6(8)9/h3,8-9H2,1H3,(H,10,11). The minimum atomic E-state index is -0.223. The number of carbonyl (C=O) groups is 1. The Morgan fingerprint density at radius 1 is 1.64 bits per heavy atom. The van der Waals surface area contributed by atoms with Crippen molar-refractivity contribution in [3.05, 3.63) is 11.4 Å². The molecule has 0 aliphatic heterocycles. The fourth-order valence-corrected chi connectivity index (χ4v) is 0.419. The highest BCUT2D eigenvalue weighted by atomic mass is 16.1. The lowest BCUT2D eigenvalue weighted by atomic mass is 10.3. The molecule has 0 heterocycles. The quantitative estimate of drug-likeness (QED) is 0.433. The summed E-state index contributed by atoms with van der Waals surface area (Å²) < 4.78 is 0. The predicted octanol–water partition coefficient (Wildman–Crippen LogP) is -1.22. The number of nitrogens with two attached hydrogens (primary N) is 2. The summed E-state index contributed by atoms with van der Waals surface area (Å²) in [5.74, 6) is -0.278. The molecular weight excluding hydrogens is 144 g/mol. The zero-order valence-electron chi connectivity index (χ0n) is 6.22. The van der Waals surface area contributed by atoms with Crippen LogP contribution >= 0.6 is 0 Å². The van der Waals surface area contributed by atoms with Crippen molar-refractivity contribution < 1.29 is 4.79 Å². The van der Waals surface area contributed by atoms with E-state index in [4.69, 9.17) is 16.7 Å². The highest BCUT2D eigenvalue weighted by molar-refractivity contribution is 5.73. The minimum Gasteiger partial charge on any atom is -0.385 e. The summed E-state index contributed by atoms with van der Waals surface area (Å²) in [5, 5.41) is 10.8. The van der Waals surface area contributed by atoms with E-state index in [1.54, 1.807) is 6.07 Å². The Kier molecular flexibility index (Phi) is 3.52. The van der Waals surface area contributed by atoms with Crippen molar-refractivity contribution in [2.45, 2.75) is 6.92 Å². The Hall–Kier alpha value is -1.70. The van der Waals surface area contributed by atoms with E-state index >= 15 is 0 Å².